The Labute approximate surface area is 99.7 Å². The number of methoxy groups -OCH3 is 1. The zero-order chi connectivity index (χ0) is 11.5. The predicted octanol–water partition coefficient (Wildman–Crippen LogP) is 2.31. The topological polar surface area (TPSA) is 38.3 Å². The summed E-state index contributed by atoms with van der Waals surface area (Å²) >= 11 is 6.11. The van der Waals surface area contributed by atoms with E-state index in [2.05, 4.69) is 5.32 Å². The van der Waals surface area contributed by atoms with Gasteiger partial charge in [0.05, 0.1) is 7.11 Å². The zero-order valence-corrected chi connectivity index (χ0v) is 9.83. The molecule has 1 aliphatic heterocycles. The normalized spacial score (nSPS) is 24.4. The molecule has 2 rings (SSSR count). The van der Waals surface area contributed by atoms with Crippen molar-refractivity contribution in [2.24, 2.45) is 0 Å². The molecule has 4 heteroatoms. The lowest BCUT2D eigenvalue weighted by molar-refractivity contribution is -0.142. The first-order valence-electron chi connectivity index (χ1n) is 5.30. The molecule has 1 aromatic rings. The van der Waals surface area contributed by atoms with Crippen LogP contribution in [0.1, 0.15) is 24.4 Å². The summed E-state index contributed by atoms with van der Waals surface area (Å²) < 4.78 is 4.71. The quantitative estimate of drug-likeness (QED) is 0.805. The fourth-order valence-electron chi connectivity index (χ4n) is 2.07. The number of ether oxygens (including phenoxy) is 1. The first-order chi connectivity index (χ1) is 7.72. The number of halogens is 1. The van der Waals surface area contributed by atoms with Crippen LogP contribution in [0.2, 0.25) is 5.02 Å². The monoisotopic (exact) mass is 239 g/mol. The van der Waals surface area contributed by atoms with E-state index in [1.807, 2.05) is 24.3 Å². The van der Waals surface area contributed by atoms with Gasteiger partial charge in [-0.2, -0.15) is 0 Å². The molecular weight excluding hydrogens is 226 g/mol. The van der Waals surface area contributed by atoms with Gasteiger partial charge >= 0.3 is 5.97 Å². The van der Waals surface area contributed by atoms with Crippen molar-refractivity contribution in [3.8, 4) is 0 Å². The molecule has 0 bridgehead atoms. The molecule has 0 saturated carbocycles. The lowest BCUT2D eigenvalue weighted by Crippen LogP contribution is -2.33. The van der Waals surface area contributed by atoms with Crippen molar-refractivity contribution in [3.05, 3.63) is 34.9 Å². The molecule has 0 amide bonds. The van der Waals surface area contributed by atoms with Gasteiger partial charge in [0.2, 0.25) is 0 Å². The number of hydrogen-bond acceptors (Lipinski definition) is 3. The van der Waals surface area contributed by atoms with Crippen LogP contribution in [0.15, 0.2) is 24.3 Å². The van der Waals surface area contributed by atoms with Crippen LogP contribution in [-0.4, -0.2) is 19.1 Å². The molecule has 0 aliphatic carbocycles. The minimum Gasteiger partial charge on any atom is -0.468 e. The third-order valence-electron chi connectivity index (χ3n) is 2.91. The Morgan fingerprint density at radius 3 is 2.88 bits per heavy atom. The number of carbonyl (C=O) groups excluding carboxylic acids is 1. The van der Waals surface area contributed by atoms with E-state index in [4.69, 9.17) is 16.3 Å². The van der Waals surface area contributed by atoms with Gasteiger partial charge in [0.1, 0.15) is 6.04 Å². The van der Waals surface area contributed by atoms with Crippen LogP contribution in [0.3, 0.4) is 0 Å². The van der Waals surface area contributed by atoms with Gasteiger partial charge in [0.25, 0.3) is 0 Å². The van der Waals surface area contributed by atoms with E-state index < -0.39 is 0 Å². The lowest BCUT2D eigenvalue weighted by atomic mass is 10.1. The van der Waals surface area contributed by atoms with Crippen LogP contribution in [0.4, 0.5) is 0 Å². The van der Waals surface area contributed by atoms with Crippen molar-refractivity contribution in [2.75, 3.05) is 7.11 Å². The highest BCUT2D eigenvalue weighted by molar-refractivity contribution is 6.31. The second kappa shape index (κ2) is 4.85. The molecule has 1 heterocycles. The number of nitrogens with one attached hydrogen (secondary N) is 1. The fraction of sp³-hybridized carbons (Fsp3) is 0.417. The molecule has 1 N–H and O–H groups in total. The van der Waals surface area contributed by atoms with Crippen LogP contribution in [-0.2, 0) is 9.53 Å². The Kier molecular flexibility index (Phi) is 3.46. The van der Waals surface area contributed by atoms with Crippen molar-refractivity contribution in [1.29, 1.82) is 0 Å². The smallest absolute Gasteiger partial charge is 0.322 e. The summed E-state index contributed by atoms with van der Waals surface area (Å²) in [6, 6.07) is 7.65. The molecule has 1 aromatic carbocycles. The van der Waals surface area contributed by atoms with E-state index in [1.54, 1.807) is 0 Å². The SMILES string of the molecule is COC(=O)[C@H]1CC[C@H](c2ccccc2Cl)N1. The first-order valence-corrected chi connectivity index (χ1v) is 5.68. The molecule has 1 fully saturated rings. The van der Waals surface area contributed by atoms with Gasteiger partial charge in [-0.25, -0.2) is 0 Å². The predicted molar refractivity (Wildman–Crippen MR) is 62.4 cm³/mol. The van der Waals surface area contributed by atoms with E-state index in [0.29, 0.717) is 0 Å². The number of benzene rings is 1. The highest BCUT2D eigenvalue weighted by Crippen LogP contribution is 2.31. The summed E-state index contributed by atoms with van der Waals surface area (Å²) in [5, 5.41) is 3.98. The molecule has 3 nitrogen and oxygen atoms in total. The Morgan fingerprint density at radius 2 is 2.19 bits per heavy atom. The van der Waals surface area contributed by atoms with Crippen molar-refractivity contribution in [3.63, 3.8) is 0 Å². The average molecular weight is 240 g/mol. The van der Waals surface area contributed by atoms with Crippen molar-refractivity contribution >= 4 is 17.6 Å². The third-order valence-corrected chi connectivity index (χ3v) is 3.26. The van der Waals surface area contributed by atoms with E-state index in [-0.39, 0.29) is 18.1 Å². The molecule has 1 saturated heterocycles. The maximum atomic E-state index is 11.4. The summed E-state index contributed by atoms with van der Waals surface area (Å²) in [4.78, 5) is 11.4. The highest BCUT2D eigenvalue weighted by atomic mass is 35.5. The molecule has 16 heavy (non-hydrogen) atoms. The third kappa shape index (κ3) is 2.20. The van der Waals surface area contributed by atoms with Gasteiger partial charge in [-0.3, -0.25) is 10.1 Å². The van der Waals surface area contributed by atoms with E-state index in [9.17, 15) is 4.79 Å². The van der Waals surface area contributed by atoms with Crippen LogP contribution in [0.5, 0.6) is 0 Å². The molecule has 2 atom stereocenters. The van der Waals surface area contributed by atoms with Gasteiger partial charge in [-0.15, -0.1) is 0 Å². The molecule has 0 radical (unpaired) electrons. The van der Waals surface area contributed by atoms with E-state index in [1.165, 1.54) is 7.11 Å². The standard InChI is InChI=1S/C12H14ClNO2/c1-16-12(15)11-7-6-10(14-11)8-4-2-3-5-9(8)13/h2-5,10-11,14H,6-7H2,1H3/t10-,11-/m1/s1. The van der Waals surface area contributed by atoms with Crippen LogP contribution in [0.25, 0.3) is 0 Å². The fourth-order valence-corrected chi connectivity index (χ4v) is 2.34. The summed E-state index contributed by atoms with van der Waals surface area (Å²) in [7, 11) is 1.41. The maximum absolute atomic E-state index is 11.4. The van der Waals surface area contributed by atoms with Crippen LogP contribution >= 0.6 is 11.6 Å². The number of esters is 1. The Bertz CT molecular complexity index is 394. The minimum absolute atomic E-state index is 0.151. The average Bonchev–Trinajstić information content (AvgIpc) is 2.78. The van der Waals surface area contributed by atoms with E-state index in [0.717, 1.165) is 23.4 Å². The number of rotatable bonds is 2. The van der Waals surface area contributed by atoms with Crippen LogP contribution in [0, 0.1) is 0 Å². The lowest BCUT2D eigenvalue weighted by Gasteiger charge is -2.14. The second-order valence-corrected chi connectivity index (χ2v) is 4.30. The van der Waals surface area contributed by atoms with Gasteiger partial charge in [-0.1, -0.05) is 29.8 Å². The maximum Gasteiger partial charge on any atom is 0.322 e. The zero-order valence-electron chi connectivity index (χ0n) is 9.07. The molecule has 1 aliphatic rings. The molecule has 0 unspecified atom stereocenters. The highest BCUT2D eigenvalue weighted by Gasteiger charge is 2.31. The molecular formula is C12H14ClNO2. The Hall–Kier alpha value is -1.06. The van der Waals surface area contributed by atoms with Crippen molar-refractivity contribution in [2.45, 2.75) is 24.9 Å². The van der Waals surface area contributed by atoms with Crippen molar-refractivity contribution in [1.82, 2.24) is 5.32 Å². The minimum atomic E-state index is -0.203. The second-order valence-electron chi connectivity index (χ2n) is 3.89. The first kappa shape index (κ1) is 11.4. The van der Waals surface area contributed by atoms with Crippen molar-refractivity contribution < 1.29 is 9.53 Å². The van der Waals surface area contributed by atoms with E-state index >= 15 is 0 Å². The summed E-state index contributed by atoms with van der Waals surface area (Å²) in [6.07, 6.45) is 1.70. The Balaban J connectivity index is 2.09. The number of hydrogen-bond donors (Lipinski definition) is 1. The van der Waals surface area contributed by atoms with Gasteiger partial charge in [0, 0.05) is 11.1 Å². The molecule has 0 spiro atoms. The van der Waals surface area contributed by atoms with Gasteiger partial charge < -0.3 is 4.74 Å². The summed E-state index contributed by atoms with van der Waals surface area (Å²) in [5.41, 5.74) is 1.05. The molecule has 0 aromatic heterocycles. The van der Waals surface area contributed by atoms with Crippen LogP contribution < -0.4 is 5.32 Å². The number of carbonyl (C=O) groups is 1. The Morgan fingerprint density at radius 1 is 1.44 bits per heavy atom. The summed E-state index contributed by atoms with van der Waals surface area (Å²) in [6.45, 7) is 0. The summed E-state index contributed by atoms with van der Waals surface area (Å²) in [5.74, 6) is -0.199. The largest absolute Gasteiger partial charge is 0.468 e. The van der Waals surface area contributed by atoms with Gasteiger partial charge in [0.15, 0.2) is 0 Å². The van der Waals surface area contributed by atoms with Gasteiger partial charge in [-0.05, 0) is 24.5 Å². The molecule has 86 valence electrons.